The van der Waals surface area contributed by atoms with Crippen LogP contribution in [-0.2, 0) is 14.3 Å². The minimum absolute atomic E-state index is 0.0000430. The summed E-state index contributed by atoms with van der Waals surface area (Å²) in [6.45, 7) is 5.34. The molecule has 0 saturated carbocycles. The van der Waals surface area contributed by atoms with E-state index in [2.05, 4.69) is 19.2 Å². The van der Waals surface area contributed by atoms with Crippen molar-refractivity contribution >= 4 is 11.9 Å². The molecule has 0 aliphatic carbocycles. The number of ether oxygens (including phenoxy) is 1. The molecular formula is C15H28N2O4. The van der Waals surface area contributed by atoms with E-state index in [4.69, 9.17) is 15.6 Å². The number of carbonyl (C=O) groups is 2. The van der Waals surface area contributed by atoms with Gasteiger partial charge in [-0.1, -0.05) is 13.8 Å². The first kappa shape index (κ1) is 17.9. The largest absolute Gasteiger partial charge is 0.479 e. The second-order valence-electron chi connectivity index (χ2n) is 6.09. The molecule has 1 amide bonds. The molecule has 0 radical (unpaired) electrons. The molecule has 0 bridgehead atoms. The van der Waals surface area contributed by atoms with Gasteiger partial charge in [0.1, 0.15) is 0 Å². The van der Waals surface area contributed by atoms with E-state index < -0.39 is 12.1 Å². The van der Waals surface area contributed by atoms with Gasteiger partial charge in [-0.2, -0.15) is 0 Å². The van der Waals surface area contributed by atoms with Crippen molar-refractivity contribution in [3.8, 4) is 0 Å². The van der Waals surface area contributed by atoms with Crippen LogP contribution in [0.15, 0.2) is 0 Å². The summed E-state index contributed by atoms with van der Waals surface area (Å²) < 4.78 is 5.34. The molecule has 6 nitrogen and oxygen atoms in total. The number of carboxylic acid groups (broad SMARTS) is 1. The van der Waals surface area contributed by atoms with Crippen molar-refractivity contribution in [1.29, 1.82) is 0 Å². The fourth-order valence-corrected chi connectivity index (χ4v) is 2.70. The third-order valence-corrected chi connectivity index (χ3v) is 4.13. The number of carboxylic acids is 1. The summed E-state index contributed by atoms with van der Waals surface area (Å²) in [6, 6.07) is 0. The SMILES string of the molecule is CC(C)C(CCN)CCC(=O)NCC1CCC(C(=O)O)O1. The number of carbonyl (C=O) groups excluding carboxylic acids is 1. The maximum Gasteiger partial charge on any atom is 0.332 e. The van der Waals surface area contributed by atoms with Gasteiger partial charge < -0.3 is 20.9 Å². The zero-order chi connectivity index (χ0) is 15.8. The van der Waals surface area contributed by atoms with Crippen LogP contribution in [0.1, 0.15) is 46.0 Å². The molecule has 1 aliphatic rings. The highest BCUT2D eigenvalue weighted by atomic mass is 16.5. The molecule has 6 heteroatoms. The topological polar surface area (TPSA) is 102 Å². The Labute approximate surface area is 126 Å². The smallest absolute Gasteiger partial charge is 0.332 e. The number of amides is 1. The first-order valence-electron chi connectivity index (χ1n) is 7.79. The van der Waals surface area contributed by atoms with E-state index in [9.17, 15) is 9.59 Å². The lowest BCUT2D eigenvalue weighted by molar-refractivity contribution is -0.149. The third-order valence-electron chi connectivity index (χ3n) is 4.13. The Kier molecular flexibility index (Phi) is 7.67. The van der Waals surface area contributed by atoms with Gasteiger partial charge in [0, 0.05) is 13.0 Å². The lowest BCUT2D eigenvalue weighted by Gasteiger charge is -2.20. The zero-order valence-electron chi connectivity index (χ0n) is 13.0. The minimum Gasteiger partial charge on any atom is -0.479 e. The van der Waals surface area contributed by atoms with Crippen LogP contribution in [0.5, 0.6) is 0 Å². The van der Waals surface area contributed by atoms with Gasteiger partial charge in [-0.25, -0.2) is 4.79 Å². The van der Waals surface area contributed by atoms with Crippen LogP contribution in [0.2, 0.25) is 0 Å². The van der Waals surface area contributed by atoms with E-state index in [1.807, 2.05) is 0 Å². The number of hydrogen-bond donors (Lipinski definition) is 3. The van der Waals surface area contributed by atoms with Gasteiger partial charge in [-0.3, -0.25) is 4.79 Å². The number of hydrogen-bond acceptors (Lipinski definition) is 4. The Morgan fingerprint density at radius 3 is 2.57 bits per heavy atom. The van der Waals surface area contributed by atoms with Crippen molar-refractivity contribution in [1.82, 2.24) is 5.32 Å². The molecule has 0 aromatic carbocycles. The zero-order valence-corrected chi connectivity index (χ0v) is 13.0. The van der Waals surface area contributed by atoms with Gasteiger partial charge in [-0.15, -0.1) is 0 Å². The van der Waals surface area contributed by atoms with Gasteiger partial charge in [-0.05, 0) is 44.1 Å². The van der Waals surface area contributed by atoms with Crippen LogP contribution in [0.25, 0.3) is 0 Å². The molecule has 3 unspecified atom stereocenters. The highest BCUT2D eigenvalue weighted by Gasteiger charge is 2.30. The molecule has 3 atom stereocenters. The lowest BCUT2D eigenvalue weighted by atomic mass is 9.88. The average molecular weight is 300 g/mol. The summed E-state index contributed by atoms with van der Waals surface area (Å²) >= 11 is 0. The van der Waals surface area contributed by atoms with E-state index >= 15 is 0 Å². The first-order valence-corrected chi connectivity index (χ1v) is 7.79. The van der Waals surface area contributed by atoms with Crippen LogP contribution in [0.3, 0.4) is 0 Å². The monoisotopic (exact) mass is 300 g/mol. The fraction of sp³-hybridized carbons (Fsp3) is 0.867. The Balaban J connectivity index is 2.21. The molecule has 4 N–H and O–H groups in total. The van der Waals surface area contributed by atoms with E-state index in [1.165, 1.54) is 0 Å². The maximum absolute atomic E-state index is 11.8. The number of nitrogens with two attached hydrogens (primary N) is 1. The normalized spacial score (nSPS) is 23.2. The van der Waals surface area contributed by atoms with Crippen molar-refractivity contribution in [2.45, 2.75) is 58.2 Å². The summed E-state index contributed by atoms with van der Waals surface area (Å²) in [7, 11) is 0. The van der Waals surface area contributed by atoms with Crippen molar-refractivity contribution < 1.29 is 19.4 Å². The van der Waals surface area contributed by atoms with Crippen molar-refractivity contribution in [3.63, 3.8) is 0 Å². The first-order chi connectivity index (χ1) is 9.93. The van der Waals surface area contributed by atoms with E-state index in [0.29, 0.717) is 44.2 Å². The van der Waals surface area contributed by atoms with Crippen molar-refractivity contribution in [2.75, 3.05) is 13.1 Å². The van der Waals surface area contributed by atoms with Gasteiger partial charge >= 0.3 is 5.97 Å². The van der Waals surface area contributed by atoms with E-state index in [1.54, 1.807) is 0 Å². The summed E-state index contributed by atoms with van der Waals surface area (Å²) in [6.07, 6.45) is 2.56. The van der Waals surface area contributed by atoms with E-state index in [-0.39, 0.29) is 12.0 Å². The van der Waals surface area contributed by atoms with Gasteiger partial charge in [0.2, 0.25) is 5.91 Å². The van der Waals surface area contributed by atoms with Crippen LogP contribution >= 0.6 is 0 Å². The standard InChI is InChI=1S/C15H28N2O4/c1-10(2)11(7-8-16)3-6-14(18)17-9-12-4-5-13(21-12)15(19)20/h10-13H,3-9,16H2,1-2H3,(H,17,18)(H,19,20). The number of aliphatic carboxylic acids is 1. The Bertz CT molecular complexity index is 347. The second kappa shape index (κ2) is 9.00. The minimum atomic E-state index is -0.926. The fourth-order valence-electron chi connectivity index (χ4n) is 2.70. The van der Waals surface area contributed by atoms with Crippen LogP contribution in [0, 0.1) is 11.8 Å². The second-order valence-corrected chi connectivity index (χ2v) is 6.09. The maximum atomic E-state index is 11.8. The molecule has 1 rings (SSSR count). The molecule has 1 aliphatic heterocycles. The Morgan fingerprint density at radius 1 is 1.33 bits per heavy atom. The van der Waals surface area contributed by atoms with Crippen LogP contribution in [-0.4, -0.2) is 42.3 Å². The van der Waals surface area contributed by atoms with Crippen LogP contribution < -0.4 is 11.1 Å². The van der Waals surface area contributed by atoms with Gasteiger partial charge in [0.25, 0.3) is 0 Å². The van der Waals surface area contributed by atoms with Gasteiger partial charge in [0.15, 0.2) is 6.10 Å². The molecule has 0 spiro atoms. The number of rotatable bonds is 9. The predicted octanol–water partition coefficient (Wildman–Crippen LogP) is 1.14. The Morgan fingerprint density at radius 2 is 2.05 bits per heavy atom. The lowest BCUT2D eigenvalue weighted by Crippen LogP contribution is -2.33. The molecule has 0 aromatic heterocycles. The molecule has 1 saturated heterocycles. The van der Waals surface area contributed by atoms with Crippen molar-refractivity contribution in [3.05, 3.63) is 0 Å². The third kappa shape index (κ3) is 6.44. The Hall–Kier alpha value is -1.14. The molecule has 0 aromatic rings. The summed E-state index contributed by atoms with van der Waals surface area (Å²) in [5.41, 5.74) is 5.59. The van der Waals surface area contributed by atoms with E-state index in [0.717, 1.165) is 12.8 Å². The molecule has 1 heterocycles. The predicted molar refractivity (Wildman–Crippen MR) is 79.8 cm³/mol. The summed E-state index contributed by atoms with van der Waals surface area (Å²) in [4.78, 5) is 22.6. The highest BCUT2D eigenvalue weighted by molar-refractivity contribution is 5.76. The van der Waals surface area contributed by atoms with Gasteiger partial charge in [0.05, 0.1) is 6.10 Å². The quantitative estimate of drug-likeness (QED) is 0.592. The van der Waals surface area contributed by atoms with Crippen LogP contribution in [0.4, 0.5) is 0 Å². The molecule has 1 fully saturated rings. The highest BCUT2D eigenvalue weighted by Crippen LogP contribution is 2.21. The summed E-state index contributed by atoms with van der Waals surface area (Å²) in [5, 5.41) is 11.7. The molecular weight excluding hydrogens is 272 g/mol. The molecule has 21 heavy (non-hydrogen) atoms. The summed E-state index contributed by atoms with van der Waals surface area (Å²) in [5.74, 6) is 0.0705. The molecule has 122 valence electrons. The van der Waals surface area contributed by atoms with Crippen molar-refractivity contribution in [2.24, 2.45) is 17.6 Å². The number of nitrogens with one attached hydrogen (secondary N) is 1. The average Bonchev–Trinajstić information content (AvgIpc) is 2.89.